The van der Waals surface area contributed by atoms with Crippen LogP contribution >= 0.6 is 0 Å². The zero-order chi connectivity index (χ0) is 14.5. The SMILES string of the molecule is CC(C)(C#N)NC(=O)/C(C#N)=C/c1ccc(O)cc1. The number of hydrogen-bond acceptors (Lipinski definition) is 4. The van der Waals surface area contributed by atoms with Gasteiger partial charge in [-0.25, -0.2) is 0 Å². The Balaban J connectivity index is 2.96. The molecule has 0 aromatic heterocycles. The number of amides is 1. The third-order valence-corrected chi connectivity index (χ3v) is 2.27. The number of nitrogens with zero attached hydrogens (tertiary/aromatic N) is 2. The predicted molar refractivity (Wildman–Crippen MR) is 69.5 cm³/mol. The average molecular weight is 255 g/mol. The molecule has 5 heteroatoms. The van der Waals surface area contributed by atoms with Gasteiger partial charge >= 0.3 is 0 Å². The molecule has 0 unspecified atom stereocenters. The van der Waals surface area contributed by atoms with Crippen molar-refractivity contribution >= 4 is 12.0 Å². The Bertz CT molecular complexity index is 587. The molecule has 1 aromatic rings. The van der Waals surface area contributed by atoms with Crippen LogP contribution in [0.5, 0.6) is 5.75 Å². The molecule has 5 nitrogen and oxygen atoms in total. The van der Waals surface area contributed by atoms with Crippen molar-refractivity contribution in [3.8, 4) is 17.9 Å². The molecular weight excluding hydrogens is 242 g/mol. The summed E-state index contributed by atoms with van der Waals surface area (Å²) in [5.41, 5.74) is -0.532. The Labute approximate surface area is 111 Å². The second kappa shape index (κ2) is 5.70. The van der Waals surface area contributed by atoms with Crippen LogP contribution in [0.3, 0.4) is 0 Å². The molecule has 1 amide bonds. The topological polar surface area (TPSA) is 96.9 Å². The molecule has 0 radical (unpaired) electrons. The van der Waals surface area contributed by atoms with Gasteiger partial charge in [-0.15, -0.1) is 0 Å². The number of carbonyl (C=O) groups excluding carboxylic acids is 1. The maximum absolute atomic E-state index is 11.8. The second-order valence-corrected chi connectivity index (χ2v) is 4.45. The monoisotopic (exact) mass is 255 g/mol. The van der Waals surface area contributed by atoms with E-state index >= 15 is 0 Å². The first kappa shape index (κ1) is 14.3. The van der Waals surface area contributed by atoms with Crippen LogP contribution < -0.4 is 5.32 Å². The van der Waals surface area contributed by atoms with Gasteiger partial charge in [-0.1, -0.05) is 12.1 Å². The van der Waals surface area contributed by atoms with Crippen molar-refractivity contribution in [1.29, 1.82) is 10.5 Å². The third-order valence-electron chi connectivity index (χ3n) is 2.27. The van der Waals surface area contributed by atoms with Crippen molar-refractivity contribution in [2.45, 2.75) is 19.4 Å². The van der Waals surface area contributed by atoms with Gasteiger partial charge in [0.25, 0.3) is 5.91 Å². The van der Waals surface area contributed by atoms with Gasteiger partial charge in [0.15, 0.2) is 0 Å². The quantitative estimate of drug-likeness (QED) is 0.634. The van der Waals surface area contributed by atoms with E-state index in [1.807, 2.05) is 6.07 Å². The number of phenolic OH excluding ortho intramolecular Hbond substituents is 1. The molecule has 0 aliphatic heterocycles. The van der Waals surface area contributed by atoms with Crippen molar-refractivity contribution in [2.75, 3.05) is 0 Å². The van der Waals surface area contributed by atoms with E-state index in [4.69, 9.17) is 15.6 Å². The summed E-state index contributed by atoms with van der Waals surface area (Å²) < 4.78 is 0. The van der Waals surface area contributed by atoms with Crippen molar-refractivity contribution in [3.05, 3.63) is 35.4 Å². The Morgan fingerprint density at radius 3 is 2.37 bits per heavy atom. The fourth-order valence-corrected chi connectivity index (χ4v) is 1.26. The highest BCUT2D eigenvalue weighted by Crippen LogP contribution is 2.13. The predicted octanol–water partition coefficient (Wildman–Crippen LogP) is 1.72. The van der Waals surface area contributed by atoms with Crippen LogP contribution in [0.25, 0.3) is 6.08 Å². The summed E-state index contributed by atoms with van der Waals surface area (Å²) in [6.45, 7) is 3.08. The van der Waals surface area contributed by atoms with Gasteiger partial charge in [0.1, 0.15) is 22.9 Å². The van der Waals surface area contributed by atoms with E-state index in [1.165, 1.54) is 18.2 Å². The normalized spacial score (nSPS) is 11.3. The number of nitrogens with one attached hydrogen (secondary N) is 1. The number of hydrogen-bond donors (Lipinski definition) is 2. The Morgan fingerprint density at radius 1 is 1.32 bits per heavy atom. The van der Waals surface area contributed by atoms with E-state index < -0.39 is 11.4 Å². The third kappa shape index (κ3) is 4.18. The minimum absolute atomic E-state index is 0.103. The highest BCUT2D eigenvalue weighted by Gasteiger charge is 2.21. The van der Waals surface area contributed by atoms with Gasteiger partial charge in [-0.3, -0.25) is 4.79 Å². The zero-order valence-corrected chi connectivity index (χ0v) is 10.6. The molecule has 0 spiro atoms. The van der Waals surface area contributed by atoms with Crippen molar-refractivity contribution in [3.63, 3.8) is 0 Å². The van der Waals surface area contributed by atoms with Crippen LogP contribution in [0.2, 0.25) is 0 Å². The van der Waals surface area contributed by atoms with Crippen molar-refractivity contribution < 1.29 is 9.90 Å². The van der Waals surface area contributed by atoms with Gasteiger partial charge < -0.3 is 10.4 Å². The number of aromatic hydroxyl groups is 1. The molecule has 0 saturated carbocycles. The van der Waals surface area contributed by atoms with E-state index in [-0.39, 0.29) is 11.3 Å². The number of benzene rings is 1. The molecule has 1 aromatic carbocycles. The standard InChI is InChI=1S/C14H13N3O2/c1-14(2,9-16)17-13(19)11(8-15)7-10-3-5-12(18)6-4-10/h3-7,18H,1-2H3,(H,17,19)/b11-7+. The lowest BCUT2D eigenvalue weighted by Gasteiger charge is -2.16. The smallest absolute Gasteiger partial charge is 0.263 e. The summed E-state index contributed by atoms with van der Waals surface area (Å²) in [4.78, 5) is 11.8. The van der Waals surface area contributed by atoms with Crippen LogP contribution in [0.1, 0.15) is 19.4 Å². The lowest BCUT2D eigenvalue weighted by molar-refractivity contribution is -0.118. The van der Waals surface area contributed by atoms with Crippen molar-refractivity contribution in [2.24, 2.45) is 0 Å². The van der Waals surface area contributed by atoms with E-state index in [0.29, 0.717) is 5.56 Å². The highest BCUT2D eigenvalue weighted by molar-refractivity contribution is 6.02. The fourth-order valence-electron chi connectivity index (χ4n) is 1.26. The number of carbonyl (C=O) groups is 1. The Morgan fingerprint density at radius 2 is 1.89 bits per heavy atom. The van der Waals surface area contributed by atoms with Gasteiger partial charge in [0.2, 0.25) is 0 Å². The Hall–Kier alpha value is -2.79. The fraction of sp³-hybridized carbons (Fsp3) is 0.214. The molecule has 1 rings (SSSR count). The first-order chi connectivity index (χ1) is 8.88. The number of nitriles is 2. The molecular formula is C14H13N3O2. The number of phenols is 1. The molecule has 19 heavy (non-hydrogen) atoms. The summed E-state index contributed by atoms with van der Waals surface area (Å²) in [5.74, 6) is -0.507. The van der Waals surface area contributed by atoms with Gasteiger partial charge in [0, 0.05) is 0 Å². The Kier molecular flexibility index (Phi) is 4.28. The summed E-state index contributed by atoms with van der Waals surface area (Å²) in [5, 5.41) is 29.4. The molecule has 0 fully saturated rings. The molecule has 0 aliphatic carbocycles. The van der Waals surface area contributed by atoms with E-state index in [2.05, 4.69) is 5.32 Å². The van der Waals surface area contributed by atoms with Gasteiger partial charge in [0.05, 0.1) is 6.07 Å². The van der Waals surface area contributed by atoms with Crippen LogP contribution in [0.4, 0.5) is 0 Å². The summed E-state index contributed by atoms with van der Waals surface area (Å²) in [7, 11) is 0. The molecule has 0 heterocycles. The minimum atomic E-state index is -1.04. The first-order valence-corrected chi connectivity index (χ1v) is 5.52. The number of rotatable bonds is 3. The van der Waals surface area contributed by atoms with Crippen molar-refractivity contribution in [1.82, 2.24) is 5.32 Å². The maximum Gasteiger partial charge on any atom is 0.263 e. The molecule has 0 atom stereocenters. The average Bonchev–Trinajstić information content (AvgIpc) is 2.37. The maximum atomic E-state index is 11.8. The van der Waals surface area contributed by atoms with Crippen LogP contribution in [-0.2, 0) is 4.79 Å². The molecule has 0 bridgehead atoms. The van der Waals surface area contributed by atoms with Gasteiger partial charge in [-0.05, 0) is 37.6 Å². The molecule has 0 aliphatic rings. The summed E-state index contributed by atoms with van der Waals surface area (Å²) in [6, 6.07) is 9.78. The molecule has 96 valence electrons. The van der Waals surface area contributed by atoms with Crippen LogP contribution in [-0.4, -0.2) is 16.6 Å². The largest absolute Gasteiger partial charge is 0.508 e. The lowest BCUT2D eigenvalue weighted by atomic mass is 10.1. The van der Waals surface area contributed by atoms with E-state index in [9.17, 15) is 4.79 Å². The molecule has 0 saturated heterocycles. The van der Waals surface area contributed by atoms with E-state index in [1.54, 1.807) is 32.0 Å². The first-order valence-electron chi connectivity index (χ1n) is 5.52. The second-order valence-electron chi connectivity index (χ2n) is 4.45. The van der Waals surface area contributed by atoms with Crippen LogP contribution in [0.15, 0.2) is 29.8 Å². The highest BCUT2D eigenvalue weighted by atomic mass is 16.3. The summed E-state index contributed by atoms with van der Waals surface area (Å²) in [6.07, 6.45) is 1.39. The zero-order valence-electron chi connectivity index (χ0n) is 10.6. The summed E-state index contributed by atoms with van der Waals surface area (Å²) >= 11 is 0. The van der Waals surface area contributed by atoms with E-state index in [0.717, 1.165) is 0 Å². The minimum Gasteiger partial charge on any atom is -0.508 e. The van der Waals surface area contributed by atoms with Gasteiger partial charge in [-0.2, -0.15) is 10.5 Å². The molecule has 2 N–H and O–H groups in total. The van der Waals surface area contributed by atoms with Crippen LogP contribution in [0, 0.1) is 22.7 Å². The lowest BCUT2D eigenvalue weighted by Crippen LogP contribution is -2.42.